The van der Waals surface area contributed by atoms with E-state index in [4.69, 9.17) is 9.47 Å². The Hall–Kier alpha value is -1.55. The number of hydrogen-bond acceptors (Lipinski definition) is 3. The molecule has 4 heteroatoms. The third kappa shape index (κ3) is 4.73. The molecular formula is C18H27NO3. The number of rotatable bonds is 6. The van der Waals surface area contributed by atoms with Crippen LogP contribution in [0.25, 0.3) is 0 Å². The van der Waals surface area contributed by atoms with Crippen LogP contribution >= 0.6 is 0 Å². The first kappa shape index (κ1) is 16.8. The van der Waals surface area contributed by atoms with Crippen LogP contribution in [0.4, 0.5) is 0 Å². The molecule has 1 amide bonds. The Bertz CT molecular complexity index is 495. The number of benzene rings is 1. The van der Waals surface area contributed by atoms with Crippen LogP contribution in [0.15, 0.2) is 18.2 Å². The van der Waals surface area contributed by atoms with E-state index in [1.165, 1.54) is 19.3 Å². The number of nitrogens with one attached hydrogen (secondary N) is 1. The second-order valence-electron chi connectivity index (χ2n) is 6.11. The molecular weight excluding hydrogens is 278 g/mol. The molecule has 0 heterocycles. The lowest BCUT2D eigenvalue weighted by Gasteiger charge is -2.22. The quantitative estimate of drug-likeness (QED) is 0.874. The Labute approximate surface area is 133 Å². The van der Waals surface area contributed by atoms with Crippen LogP contribution in [0.1, 0.15) is 56.2 Å². The van der Waals surface area contributed by atoms with Gasteiger partial charge in [0.25, 0.3) is 0 Å². The van der Waals surface area contributed by atoms with Crippen molar-refractivity contribution in [1.82, 2.24) is 5.32 Å². The van der Waals surface area contributed by atoms with Gasteiger partial charge in [0.05, 0.1) is 19.3 Å². The van der Waals surface area contributed by atoms with Gasteiger partial charge in [-0.05, 0) is 32.8 Å². The summed E-state index contributed by atoms with van der Waals surface area (Å²) in [7, 11) is 1.65. The van der Waals surface area contributed by atoms with E-state index in [0.29, 0.717) is 0 Å². The molecule has 0 radical (unpaired) electrons. The first-order chi connectivity index (χ1) is 10.6. The Balaban J connectivity index is 1.86. The van der Waals surface area contributed by atoms with E-state index in [0.717, 1.165) is 29.7 Å². The van der Waals surface area contributed by atoms with E-state index in [2.05, 4.69) is 5.32 Å². The van der Waals surface area contributed by atoms with Crippen LogP contribution in [-0.4, -0.2) is 25.7 Å². The zero-order chi connectivity index (χ0) is 15.9. The second kappa shape index (κ2) is 8.18. The molecule has 0 spiro atoms. The number of amides is 1. The average molecular weight is 305 g/mol. The summed E-state index contributed by atoms with van der Waals surface area (Å²) in [6, 6.07) is 5.89. The Kier molecular flexibility index (Phi) is 6.25. The predicted molar refractivity (Wildman–Crippen MR) is 87.1 cm³/mol. The molecule has 1 fully saturated rings. The van der Waals surface area contributed by atoms with E-state index >= 15 is 0 Å². The van der Waals surface area contributed by atoms with Crippen molar-refractivity contribution < 1.29 is 14.3 Å². The van der Waals surface area contributed by atoms with Crippen LogP contribution in [0.2, 0.25) is 0 Å². The molecule has 1 aliphatic carbocycles. The Morgan fingerprint density at radius 2 is 2.05 bits per heavy atom. The smallest absolute Gasteiger partial charge is 0.246 e. The Morgan fingerprint density at radius 3 is 2.73 bits per heavy atom. The lowest BCUT2D eigenvalue weighted by Crippen LogP contribution is -2.32. The van der Waals surface area contributed by atoms with E-state index in [9.17, 15) is 4.79 Å². The van der Waals surface area contributed by atoms with Crippen LogP contribution in [0, 0.1) is 6.92 Å². The number of hydrogen-bond donors (Lipinski definition) is 1. The lowest BCUT2D eigenvalue weighted by atomic mass is 9.98. The van der Waals surface area contributed by atoms with Gasteiger partial charge in [-0.1, -0.05) is 37.0 Å². The topological polar surface area (TPSA) is 47.6 Å². The molecule has 1 atom stereocenters. The summed E-state index contributed by atoms with van der Waals surface area (Å²) in [5.74, 6) is 0.730. The maximum atomic E-state index is 12.1. The van der Waals surface area contributed by atoms with E-state index in [1.54, 1.807) is 7.11 Å². The van der Waals surface area contributed by atoms with Crippen molar-refractivity contribution in [3.8, 4) is 5.75 Å². The van der Waals surface area contributed by atoms with Gasteiger partial charge in [0.2, 0.25) is 5.91 Å². The number of carbonyl (C=O) groups excluding carboxylic acids is 1. The van der Waals surface area contributed by atoms with Crippen LogP contribution in [0.3, 0.4) is 0 Å². The molecule has 122 valence electrons. The molecule has 0 aromatic heterocycles. The fourth-order valence-corrected chi connectivity index (χ4v) is 2.98. The largest absolute Gasteiger partial charge is 0.496 e. The third-order valence-corrected chi connectivity index (χ3v) is 4.23. The summed E-state index contributed by atoms with van der Waals surface area (Å²) in [6.07, 6.45) is 6.12. The lowest BCUT2D eigenvalue weighted by molar-refractivity contribution is -0.129. The maximum absolute atomic E-state index is 12.1. The normalized spacial score (nSPS) is 17.0. The first-order valence-corrected chi connectivity index (χ1v) is 8.15. The summed E-state index contributed by atoms with van der Waals surface area (Å²) >= 11 is 0. The van der Waals surface area contributed by atoms with Crippen LogP contribution < -0.4 is 10.1 Å². The summed E-state index contributed by atoms with van der Waals surface area (Å²) in [6.45, 7) is 4.14. The minimum Gasteiger partial charge on any atom is -0.496 e. The summed E-state index contributed by atoms with van der Waals surface area (Å²) in [5.41, 5.74) is 2.14. The van der Waals surface area contributed by atoms with Gasteiger partial charge in [0.15, 0.2) is 0 Å². The molecule has 2 rings (SSSR count). The summed E-state index contributed by atoms with van der Waals surface area (Å²) in [5, 5.41) is 2.99. The molecule has 0 bridgehead atoms. The molecule has 1 saturated carbocycles. The Morgan fingerprint density at radius 1 is 1.32 bits per heavy atom. The van der Waals surface area contributed by atoms with E-state index in [-0.39, 0.29) is 24.7 Å². The van der Waals surface area contributed by atoms with E-state index < -0.39 is 0 Å². The van der Waals surface area contributed by atoms with Crippen molar-refractivity contribution in [2.24, 2.45) is 0 Å². The fourth-order valence-electron chi connectivity index (χ4n) is 2.98. The van der Waals surface area contributed by atoms with Crippen LogP contribution in [0.5, 0.6) is 5.75 Å². The highest BCUT2D eigenvalue weighted by Gasteiger charge is 2.17. The van der Waals surface area contributed by atoms with Gasteiger partial charge >= 0.3 is 0 Å². The predicted octanol–water partition coefficient (Wildman–Crippen LogP) is 3.53. The molecule has 1 aromatic rings. The van der Waals surface area contributed by atoms with Gasteiger partial charge in [-0.15, -0.1) is 0 Å². The highest BCUT2D eigenvalue weighted by atomic mass is 16.5. The minimum absolute atomic E-state index is 0.0679. The van der Waals surface area contributed by atoms with Gasteiger partial charge in [-0.3, -0.25) is 4.79 Å². The van der Waals surface area contributed by atoms with Gasteiger partial charge in [-0.25, -0.2) is 0 Å². The SMILES string of the molecule is COc1ccc(C)cc1[C@@H](C)NC(=O)COC1CCCCC1. The maximum Gasteiger partial charge on any atom is 0.246 e. The summed E-state index contributed by atoms with van der Waals surface area (Å²) in [4.78, 5) is 12.1. The number of carbonyl (C=O) groups is 1. The van der Waals surface area contributed by atoms with Crippen molar-refractivity contribution >= 4 is 5.91 Å². The molecule has 4 nitrogen and oxygen atoms in total. The zero-order valence-electron chi connectivity index (χ0n) is 13.9. The zero-order valence-corrected chi connectivity index (χ0v) is 13.9. The van der Waals surface area contributed by atoms with Crippen molar-refractivity contribution in [2.45, 2.75) is 58.1 Å². The molecule has 1 N–H and O–H groups in total. The molecule has 1 aliphatic rings. The first-order valence-electron chi connectivity index (χ1n) is 8.15. The summed E-state index contributed by atoms with van der Waals surface area (Å²) < 4.78 is 11.1. The standard InChI is InChI=1S/C18H27NO3/c1-13-9-10-17(21-3)16(11-13)14(2)19-18(20)12-22-15-7-5-4-6-8-15/h9-11,14-15H,4-8,12H2,1-3H3,(H,19,20)/t14-/m1/s1. The van der Waals surface area contributed by atoms with Crippen molar-refractivity contribution in [2.75, 3.05) is 13.7 Å². The molecule has 0 unspecified atom stereocenters. The number of aryl methyl sites for hydroxylation is 1. The van der Waals surface area contributed by atoms with Gasteiger partial charge in [0, 0.05) is 5.56 Å². The van der Waals surface area contributed by atoms with E-state index in [1.807, 2.05) is 32.0 Å². The molecule has 0 saturated heterocycles. The van der Waals surface area contributed by atoms with Crippen LogP contribution in [-0.2, 0) is 9.53 Å². The molecule has 1 aromatic carbocycles. The minimum atomic E-state index is -0.0997. The van der Waals surface area contributed by atoms with Gasteiger partial charge in [0.1, 0.15) is 12.4 Å². The second-order valence-corrected chi connectivity index (χ2v) is 6.11. The molecule has 0 aliphatic heterocycles. The van der Waals surface area contributed by atoms with Crippen molar-refractivity contribution in [3.05, 3.63) is 29.3 Å². The fraction of sp³-hybridized carbons (Fsp3) is 0.611. The monoisotopic (exact) mass is 305 g/mol. The third-order valence-electron chi connectivity index (χ3n) is 4.23. The number of ether oxygens (including phenoxy) is 2. The van der Waals surface area contributed by atoms with Crippen molar-refractivity contribution in [1.29, 1.82) is 0 Å². The number of methoxy groups -OCH3 is 1. The van der Waals surface area contributed by atoms with Gasteiger partial charge in [-0.2, -0.15) is 0 Å². The highest BCUT2D eigenvalue weighted by Crippen LogP contribution is 2.26. The van der Waals surface area contributed by atoms with Crippen molar-refractivity contribution in [3.63, 3.8) is 0 Å². The molecule has 22 heavy (non-hydrogen) atoms. The highest BCUT2D eigenvalue weighted by molar-refractivity contribution is 5.77. The average Bonchev–Trinajstić information content (AvgIpc) is 2.54. The van der Waals surface area contributed by atoms with Gasteiger partial charge < -0.3 is 14.8 Å².